The summed E-state index contributed by atoms with van der Waals surface area (Å²) in [7, 11) is 1.63. The first-order chi connectivity index (χ1) is 20.1. The van der Waals surface area contributed by atoms with Crippen LogP contribution in [0, 0.1) is 0 Å². The van der Waals surface area contributed by atoms with Crippen LogP contribution in [0.2, 0.25) is 0 Å². The molecule has 1 heterocycles. The standard InChI is InChI=1S/C35H34N2O4/c1-36-34(39)35(23-8-12-26-10-4-2-5-11-26)32(29-17-15-28(16-18-29)27-13-6-3-7-14-27)41-33(37-35)30-19-21-31(22-20-30)40-25-9-24-38/h2-8,10-22,32,38H,9,23-25H2,1H3,(H,36,39)/b12-8+/t32-,35-/m1/s1. The molecule has 1 aliphatic heterocycles. The molecule has 0 radical (unpaired) electrons. The second kappa shape index (κ2) is 13.1. The number of hydrogen-bond acceptors (Lipinski definition) is 5. The Morgan fingerprint density at radius 2 is 1.54 bits per heavy atom. The van der Waals surface area contributed by atoms with Gasteiger partial charge in [-0.25, -0.2) is 4.99 Å². The Hall–Kier alpha value is -4.68. The Bertz CT molecular complexity index is 1480. The predicted molar refractivity (Wildman–Crippen MR) is 163 cm³/mol. The van der Waals surface area contributed by atoms with E-state index in [0.29, 0.717) is 31.1 Å². The van der Waals surface area contributed by atoms with Gasteiger partial charge in [-0.3, -0.25) is 4.79 Å². The highest BCUT2D eigenvalue weighted by Crippen LogP contribution is 2.43. The molecular formula is C35H34N2O4. The molecule has 0 spiro atoms. The monoisotopic (exact) mass is 546 g/mol. The van der Waals surface area contributed by atoms with E-state index >= 15 is 0 Å². The van der Waals surface area contributed by atoms with Crippen molar-refractivity contribution in [1.82, 2.24) is 5.32 Å². The van der Waals surface area contributed by atoms with Crippen molar-refractivity contribution < 1.29 is 19.4 Å². The van der Waals surface area contributed by atoms with Crippen molar-refractivity contribution in [2.75, 3.05) is 20.3 Å². The van der Waals surface area contributed by atoms with Crippen molar-refractivity contribution in [1.29, 1.82) is 0 Å². The third-order valence-electron chi connectivity index (χ3n) is 7.12. The van der Waals surface area contributed by atoms with Gasteiger partial charge in [-0.05, 0) is 46.5 Å². The fourth-order valence-corrected chi connectivity index (χ4v) is 4.95. The lowest BCUT2D eigenvalue weighted by Crippen LogP contribution is -2.46. The second-order valence-electron chi connectivity index (χ2n) is 9.87. The van der Waals surface area contributed by atoms with E-state index in [4.69, 9.17) is 19.6 Å². The molecule has 41 heavy (non-hydrogen) atoms. The van der Waals surface area contributed by atoms with Crippen molar-refractivity contribution >= 4 is 17.9 Å². The van der Waals surface area contributed by atoms with E-state index in [1.807, 2.05) is 97.1 Å². The number of carbonyl (C=O) groups excluding carboxylic acids is 1. The van der Waals surface area contributed by atoms with Gasteiger partial charge in [0.15, 0.2) is 11.6 Å². The highest BCUT2D eigenvalue weighted by Gasteiger charge is 2.52. The van der Waals surface area contributed by atoms with Crippen molar-refractivity contribution in [3.8, 4) is 16.9 Å². The molecule has 5 rings (SSSR count). The molecule has 1 amide bonds. The molecule has 6 heteroatoms. The van der Waals surface area contributed by atoms with Crippen molar-refractivity contribution in [3.05, 3.63) is 132 Å². The molecule has 0 aliphatic carbocycles. The van der Waals surface area contributed by atoms with Gasteiger partial charge >= 0.3 is 0 Å². The molecule has 0 saturated heterocycles. The Balaban J connectivity index is 1.50. The maximum absolute atomic E-state index is 13.7. The number of hydrogen-bond donors (Lipinski definition) is 2. The van der Waals surface area contributed by atoms with Crippen LogP contribution in [0.25, 0.3) is 17.2 Å². The van der Waals surface area contributed by atoms with E-state index in [9.17, 15) is 4.79 Å². The molecule has 2 atom stereocenters. The zero-order valence-electron chi connectivity index (χ0n) is 23.1. The van der Waals surface area contributed by atoms with Crippen molar-refractivity contribution in [2.45, 2.75) is 24.5 Å². The fraction of sp³-hybridized carbons (Fsp3) is 0.200. The maximum Gasteiger partial charge on any atom is 0.252 e. The van der Waals surface area contributed by atoms with Gasteiger partial charge in [0, 0.05) is 32.1 Å². The first kappa shape index (κ1) is 27.9. The third-order valence-corrected chi connectivity index (χ3v) is 7.12. The van der Waals surface area contributed by atoms with E-state index < -0.39 is 11.6 Å². The van der Waals surface area contributed by atoms with E-state index in [0.717, 1.165) is 27.8 Å². The summed E-state index contributed by atoms with van der Waals surface area (Å²) in [5.74, 6) is 0.879. The van der Waals surface area contributed by atoms with Crippen molar-refractivity contribution in [2.24, 2.45) is 4.99 Å². The van der Waals surface area contributed by atoms with Crippen LogP contribution in [-0.2, 0) is 9.53 Å². The van der Waals surface area contributed by atoms with Crippen LogP contribution in [0.15, 0.2) is 120 Å². The summed E-state index contributed by atoms with van der Waals surface area (Å²) in [5.41, 5.74) is 3.66. The van der Waals surface area contributed by atoms with Crippen molar-refractivity contribution in [3.63, 3.8) is 0 Å². The number of aliphatic imine (C=N–C) groups is 1. The molecule has 0 saturated carbocycles. The molecule has 2 N–H and O–H groups in total. The zero-order chi connectivity index (χ0) is 28.5. The van der Waals surface area contributed by atoms with Gasteiger partial charge in [0.1, 0.15) is 5.75 Å². The number of nitrogens with one attached hydrogen (secondary N) is 1. The number of carbonyl (C=O) groups is 1. The molecule has 0 bridgehead atoms. The van der Waals surface area contributed by atoms with Gasteiger partial charge in [0.2, 0.25) is 5.90 Å². The van der Waals surface area contributed by atoms with E-state index in [2.05, 4.69) is 29.6 Å². The Morgan fingerprint density at radius 1 is 0.902 bits per heavy atom. The normalized spacial score (nSPS) is 18.1. The summed E-state index contributed by atoms with van der Waals surface area (Å²) < 4.78 is 12.2. The van der Waals surface area contributed by atoms with Gasteiger partial charge < -0.3 is 19.9 Å². The lowest BCUT2D eigenvalue weighted by Gasteiger charge is -2.29. The van der Waals surface area contributed by atoms with Gasteiger partial charge in [0.25, 0.3) is 5.91 Å². The molecule has 1 aliphatic rings. The summed E-state index contributed by atoms with van der Waals surface area (Å²) in [6.07, 6.45) is 4.27. The van der Waals surface area contributed by atoms with Gasteiger partial charge in [0.05, 0.1) is 6.61 Å². The number of ether oxygens (including phenoxy) is 2. The molecule has 0 unspecified atom stereocenters. The Labute approximate surface area is 241 Å². The topological polar surface area (TPSA) is 80.2 Å². The molecule has 4 aromatic rings. The van der Waals surface area contributed by atoms with E-state index in [1.54, 1.807) is 7.05 Å². The number of aliphatic hydroxyl groups excluding tert-OH is 1. The number of benzene rings is 4. The fourth-order valence-electron chi connectivity index (χ4n) is 4.95. The summed E-state index contributed by atoms with van der Waals surface area (Å²) >= 11 is 0. The number of rotatable bonds is 11. The summed E-state index contributed by atoms with van der Waals surface area (Å²) in [4.78, 5) is 18.6. The molecule has 0 aromatic heterocycles. The number of likely N-dealkylation sites (N-methyl/N-ethyl adjacent to an activating group) is 1. The Morgan fingerprint density at radius 3 is 2.20 bits per heavy atom. The van der Waals surface area contributed by atoms with Gasteiger partial charge in [-0.1, -0.05) is 97.1 Å². The van der Waals surface area contributed by atoms with Crippen LogP contribution >= 0.6 is 0 Å². The number of amides is 1. The summed E-state index contributed by atoms with van der Waals surface area (Å²) in [6.45, 7) is 0.513. The molecule has 6 nitrogen and oxygen atoms in total. The smallest absolute Gasteiger partial charge is 0.252 e. The average Bonchev–Trinajstić information content (AvgIpc) is 3.43. The van der Waals surface area contributed by atoms with Crippen LogP contribution in [0.5, 0.6) is 5.75 Å². The first-order valence-corrected chi connectivity index (χ1v) is 13.8. The summed E-state index contributed by atoms with van der Waals surface area (Å²) in [6, 6.07) is 35.7. The summed E-state index contributed by atoms with van der Waals surface area (Å²) in [5, 5.41) is 11.9. The lowest BCUT2D eigenvalue weighted by molar-refractivity contribution is -0.128. The third kappa shape index (κ3) is 6.39. The number of aliphatic hydroxyl groups is 1. The molecule has 4 aromatic carbocycles. The highest BCUT2D eigenvalue weighted by molar-refractivity contribution is 6.01. The second-order valence-corrected chi connectivity index (χ2v) is 9.87. The van der Waals surface area contributed by atoms with Crippen LogP contribution in [0.3, 0.4) is 0 Å². The maximum atomic E-state index is 13.7. The minimum Gasteiger partial charge on any atom is -0.494 e. The van der Waals surface area contributed by atoms with Gasteiger partial charge in [-0.15, -0.1) is 0 Å². The van der Waals surface area contributed by atoms with E-state index in [-0.39, 0.29) is 12.5 Å². The minimum atomic E-state index is -1.21. The average molecular weight is 547 g/mol. The lowest BCUT2D eigenvalue weighted by atomic mass is 9.83. The molecule has 0 fully saturated rings. The quantitative estimate of drug-likeness (QED) is 0.219. The van der Waals surface area contributed by atoms with Crippen LogP contribution < -0.4 is 10.1 Å². The highest BCUT2D eigenvalue weighted by atomic mass is 16.5. The minimum absolute atomic E-state index is 0.0801. The zero-order valence-corrected chi connectivity index (χ0v) is 23.1. The largest absolute Gasteiger partial charge is 0.494 e. The van der Waals surface area contributed by atoms with E-state index in [1.165, 1.54) is 0 Å². The number of nitrogens with zero attached hydrogens (tertiary/aromatic N) is 1. The van der Waals surface area contributed by atoms with Crippen LogP contribution in [0.4, 0.5) is 0 Å². The SMILES string of the molecule is CNC(=O)[C@]1(C/C=C/c2ccccc2)N=C(c2ccc(OCCCO)cc2)O[C@@H]1c1ccc(-c2ccccc2)cc1. The van der Waals surface area contributed by atoms with Crippen LogP contribution in [0.1, 0.15) is 35.6 Å². The van der Waals surface area contributed by atoms with Gasteiger partial charge in [-0.2, -0.15) is 0 Å². The van der Waals surface area contributed by atoms with Crippen LogP contribution in [-0.4, -0.2) is 42.7 Å². The first-order valence-electron chi connectivity index (χ1n) is 13.8. The molecule has 208 valence electrons. The molecular weight excluding hydrogens is 512 g/mol. The Kier molecular flexibility index (Phi) is 8.92. The predicted octanol–water partition coefficient (Wildman–Crippen LogP) is 6.22.